The second-order valence-electron chi connectivity index (χ2n) is 1.75. The summed E-state index contributed by atoms with van der Waals surface area (Å²) < 4.78 is 21.2. The van der Waals surface area contributed by atoms with E-state index in [4.69, 9.17) is 10.7 Å². The number of carbonyl (C=O) groups excluding carboxylic acids is 1. The molecule has 0 aliphatic heterocycles. The fourth-order valence-corrected chi connectivity index (χ4v) is 2.44. The van der Waals surface area contributed by atoms with Gasteiger partial charge in [0.15, 0.2) is 6.29 Å². The van der Waals surface area contributed by atoms with E-state index >= 15 is 0 Å². The number of aldehydes is 1. The third-order valence-electron chi connectivity index (χ3n) is 0.972. The molecule has 60 valence electrons. The highest BCUT2D eigenvalue weighted by Gasteiger charge is 2.12. The van der Waals surface area contributed by atoms with Gasteiger partial charge < -0.3 is 0 Å². The van der Waals surface area contributed by atoms with E-state index in [1.165, 1.54) is 11.4 Å². The summed E-state index contributed by atoms with van der Waals surface area (Å²) >= 11 is 0.930. The molecular formula is C5H3ClO3S2. The minimum Gasteiger partial charge on any atom is -0.298 e. The molecule has 0 amide bonds. The largest absolute Gasteiger partial charge is 0.298 e. The van der Waals surface area contributed by atoms with Crippen molar-refractivity contribution in [1.29, 1.82) is 0 Å². The lowest BCUT2D eigenvalue weighted by Gasteiger charge is -1.83. The van der Waals surface area contributed by atoms with Crippen LogP contribution in [0.1, 0.15) is 10.4 Å². The van der Waals surface area contributed by atoms with Gasteiger partial charge in [-0.3, -0.25) is 4.79 Å². The Morgan fingerprint density at radius 1 is 1.55 bits per heavy atom. The van der Waals surface area contributed by atoms with Crippen LogP contribution in [0.25, 0.3) is 0 Å². The molecule has 6 heteroatoms. The van der Waals surface area contributed by atoms with Crippen LogP contribution >= 0.6 is 22.0 Å². The Labute approximate surface area is 72.0 Å². The number of hydrogen-bond acceptors (Lipinski definition) is 4. The topological polar surface area (TPSA) is 51.2 Å². The van der Waals surface area contributed by atoms with Gasteiger partial charge in [0.2, 0.25) is 0 Å². The molecule has 1 heterocycles. The lowest BCUT2D eigenvalue weighted by molar-refractivity contribution is 0.112. The standard InChI is InChI=1S/C5H3ClO3S2/c6-11(8,9)5-1-4(2-7)3-10-5/h1-3H. The maximum absolute atomic E-state index is 10.6. The molecule has 0 saturated heterocycles. The van der Waals surface area contributed by atoms with Crippen molar-refractivity contribution in [3.63, 3.8) is 0 Å². The van der Waals surface area contributed by atoms with Crippen molar-refractivity contribution in [2.75, 3.05) is 0 Å². The maximum atomic E-state index is 10.6. The van der Waals surface area contributed by atoms with Gasteiger partial charge in [0.25, 0.3) is 9.05 Å². The van der Waals surface area contributed by atoms with Crippen molar-refractivity contribution in [3.05, 3.63) is 17.0 Å². The Kier molecular flexibility index (Phi) is 2.31. The van der Waals surface area contributed by atoms with E-state index in [0.29, 0.717) is 11.8 Å². The van der Waals surface area contributed by atoms with Crippen molar-refractivity contribution in [2.24, 2.45) is 0 Å². The van der Waals surface area contributed by atoms with Crippen LogP contribution in [0.5, 0.6) is 0 Å². The Morgan fingerprint density at radius 2 is 2.18 bits per heavy atom. The third-order valence-corrected chi connectivity index (χ3v) is 4.03. The summed E-state index contributed by atoms with van der Waals surface area (Å²) in [6.07, 6.45) is 0.571. The van der Waals surface area contributed by atoms with E-state index < -0.39 is 9.05 Å². The van der Waals surface area contributed by atoms with Gasteiger partial charge in [0.1, 0.15) is 4.21 Å². The lowest BCUT2D eigenvalue weighted by Crippen LogP contribution is -1.84. The monoisotopic (exact) mass is 210 g/mol. The van der Waals surface area contributed by atoms with Crippen LogP contribution in [0.4, 0.5) is 0 Å². The lowest BCUT2D eigenvalue weighted by atomic mass is 10.4. The molecule has 1 rings (SSSR count). The van der Waals surface area contributed by atoms with Crippen LogP contribution in [0.3, 0.4) is 0 Å². The van der Waals surface area contributed by atoms with Crippen LogP contribution in [-0.2, 0) is 9.05 Å². The molecule has 0 aliphatic carbocycles. The molecular weight excluding hydrogens is 208 g/mol. The molecule has 3 nitrogen and oxygen atoms in total. The number of halogens is 1. The van der Waals surface area contributed by atoms with Gasteiger partial charge in [-0.1, -0.05) is 0 Å². The van der Waals surface area contributed by atoms with Crippen LogP contribution in [0, 0.1) is 0 Å². The molecule has 0 saturated carbocycles. The zero-order chi connectivity index (χ0) is 8.48. The highest BCUT2D eigenvalue weighted by Crippen LogP contribution is 2.22. The van der Waals surface area contributed by atoms with E-state index in [-0.39, 0.29) is 4.21 Å². The molecule has 1 aromatic heterocycles. The molecule has 0 fully saturated rings. The first-order valence-electron chi connectivity index (χ1n) is 2.52. The quantitative estimate of drug-likeness (QED) is 0.549. The molecule has 0 spiro atoms. The normalized spacial score (nSPS) is 11.4. The van der Waals surface area contributed by atoms with E-state index in [1.54, 1.807) is 0 Å². The average Bonchev–Trinajstić information content (AvgIpc) is 2.32. The van der Waals surface area contributed by atoms with Crippen molar-refractivity contribution >= 4 is 37.4 Å². The minimum atomic E-state index is -3.66. The minimum absolute atomic E-state index is 0.00117. The second kappa shape index (κ2) is 2.92. The second-order valence-corrected chi connectivity index (χ2v) is 5.46. The van der Waals surface area contributed by atoms with Crippen LogP contribution in [0.15, 0.2) is 15.7 Å². The SMILES string of the molecule is O=Cc1csc(S(=O)(=O)Cl)c1. The van der Waals surface area contributed by atoms with Gasteiger partial charge >= 0.3 is 0 Å². The number of rotatable bonds is 2. The van der Waals surface area contributed by atoms with Gasteiger partial charge in [0, 0.05) is 21.6 Å². The van der Waals surface area contributed by atoms with E-state index in [0.717, 1.165) is 11.3 Å². The van der Waals surface area contributed by atoms with Crippen LogP contribution in [0.2, 0.25) is 0 Å². The molecule has 0 aromatic carbocycles. The number of thiophene rings is 1. The zero-order valence-corrected chi connectivity index (χ0v) is 7.54. The summed E-state index contributed by atoms with van der Waals surface area (Å²) in [6.45, 7) is 0. The fourth-order valence-electron chi connectivity index (χ4n) is 0.520. The summed E-state index contributed by atoms with van der Waals surface area (Å²) in [4.78, 5) is 10.1. The smallest absolute Gasteiger partial charge is 0.270 e. The number of carbonyl (C=O) groups is 1. The fraction of sp³-hybridized carbons (Fsp3) is 0. The van der Waals surface area contributed by atoms with Crippen molar-refractivity contribution < 1.29 is 13.2 Å². The van der Waals surface area contributed by atoms with Gasteiger partial charge in [-0.15, -0.1) is 11.3 Å². The van der Waals surface area contributed by atoms with Crippen molar-refractivity contribution in [2.45, 2.75) is 4.21 Å². The Bertz CT molecular complexity index is 365. The molecule has 0 radical (unpaired) electrons. The summed E-state index contributed by atoms with van der Waals surface area (Å²) in [7, 11) is 1.34. The summed E-state index contributed by atoms with van der Waals surface area (Å²) in [5.74, 6) is 0. The first kappa shape index (κ1) is 8.70. The molecule has 0 atom stereocenters. The maximum Gasteiger partial charge on any atom is 0.270 e. The molecule has 0 aliphatic rings. The highest BCUT2D eigenvalue weighted by atomic mass is 35.7. The third kappa shape index (κ3) is 2.02. The molecule has 0 N–H and O–H groups in total. The van der Waals surface area contributed by atoms with Gasteiger partial charge in [0.05, 0.1) is 0 Å². The van der Waals surface area contributed by atoms with Crippen molar-refractivity contribution in [3.8, 4) is 0 Å². The molecule has 0 bridgehead atoms. The van der Waals surface area contributed by atoms with E-state index in [2.05, 4.69) is 0 Å². The molecule has 1 aromatic rings. The first-order chi connectivity index (χ1) is 5.04. The predicted octanol–water partition coefficient (Wildman–Crippen LogP) is 1.49. The number of hydrogen-bond donors (Lipinski definition) is 0. The van der Waals surface area contributed by atoms with Gasteiger partial charge in [-0.25, -0.2) is 8.42 Å². The Morgan fingerprint density at radius 3 is 2.45 bits per heavy atom. The summed E-state index contributed by atoms with van der Waals surface area (Å²) in [6, 6.07) is 1.24. The van der Waals surface area contributed by atoms with Crippen LogP contribution in [-0.4, -0.2) is 14.7 Å². The Hall–Kier alpha value is -0.390. The first-order valence-corrected chi connectivity index (χ1v) is 5.71. The highest BCUT2D eigenvalue weighted by molar-refractivity contribution is 8.15. The van der Waals surface area contributed by atoms with Gasteiger partial charge in [-0.05, 0) is 6.07 Å². The molecule has 11 heavy (non-hydrogen) atoms. The van der Waals surface area contributed by atoms with Crippen molar-refractivity contribution in [1.82, 2.24) is 0 Å². The predicted molar refractivity (Wildman–Crippen MR) is 42.7 cm³/mol. The van der Waals surface area contributed by atoms with Gasteiger partial charge in [-0.2, -0.15) is 0 Å². The van der Waals surface area contributed by atoms with E-state index in [1.807, 2.05) is 0 Å². The Balaban J connectivity index is 3.18. The average molecular weight is 211 g/mol. The van der Waals surface area contributed by atoms with Crippen LogP contribution < -0.4 is 0 Å². The summed E-state index contributed by atoms with van der Waals surface area (Å²) in [5.41, 5.74) is 0.328. The summed E-state index contributed by atoms with van der Waals surface area (Å²) in [5, 5.41) is 1.43. The molecule has 0 unspecified atom stereocenters. The van der Waals surface area contributed by atoms with E-state index in [9.17, 15) is 13.2 Å². The zero-order valence-electron chi connectivity index (χ0n) is 5.15.